The Balaban J connectivity index is 2.74. The van der Waals surface area contributed by atoms with Crippen LogP contribution in [0.4, 0.5) is 0 Å². The smallest absolute Gasteiger partial charge is 0.159 e. The Morgan fingerprint density at radius 3 is 3.00 bits per heavy atom. The van der Waals surface area contributed by atoms with Crippen molar-refractivity contribution in [3.05, 3.63) is 27.7 Å². The molecule has 1 N–H and O–H groups in total. The van der Waals surface area contributed by atoms with Crippen molar-refractivity contribution in [3.8, 4) is 0 Å². The minimum absolute atomic E-state index is 0.163. The highest BCUT2D eigenvalue weighted by Gasteiger charge is 1.99. The van der Waals surface area contributed by atoms with Crippen LogP contribution in [0.25, 0.3) is 10.2 Å². The molecule has 0 bridgehead atoms. The molecule has 5 heteroatoms. The van der Waals surface area contributed by atoms with Crippen LogP contribution >= 0.6 is 23.6 Å². The first-order valence-electron chi connectivity index (χ1n) is 3.51. The predicted molar refractivity (Wildman–Crippen MR) is 51.3 cm³/mol. The first-order chi connectivity index (χ1) is 6.16. The van der Waals surface area contributed by atoms with Crippen LogP contribution in [0.15, 0.2) is 18.2 Å². The van der Waals surface area contributed by atoms with Gasteiger partial charge in [-0.15, -0.1) is 11.3 Å². The number of H-pyrrole nitrogens is 1. The number of carboxylic acid groups (broad SMARTS) is 1. The number of fused-ring (bicyclic) bond motifs is 1. The Bertz CT molecular complexity index is 526. The molecule has 0 aliphatic heterocycles. The Hall–Kier alpha value is -1.20. The van der Waals surface area contributed by atoms with Crippen molar-refractivity contribution in [3.63, 3.8) is 0 Å². The third-order valence-electron chi connectivity index (χ3n) is 1.65. The number of benzene rings is 1. The number of thiazole rings is 1. The van der Waals surface area contributed by atoms with Crippen LogP contribution in [0, 0.1) is 3.95 Å². The maximum absolute atomic E-state index is 10.5. The molecule has 0 atom stereocenters. The summed E-state index contributed by atoms with van der Waals surface area (Å²) >= 11 is 6.34. The van der Waals surface area contributed by atoms with Crippen LogP contribution in [0.2, 0.25) is 0 Å². The second-order valence-corrected chi connectivity index (χ2v) is 4.23. The summed E-state index contributed by atoms with van der Waals surface area (Å²) in [6, 6.07) is 4.76. The summed E-state index contributed by atoms with van der Waals surface area (Å²) in [5, 5.41) is 10.5. The lowest BCUT2D eigenvalue weighted by Crippen LogP contribution is -2.21. The molecule has 1 aromatic carbocycles. The summed E-state index contributed by atoms with van der Waals surface area (Å²) in [6.07, 6.45) is 0. The molecule has 0 radical (unpaired) electrons. The molecule has 1 heterocycles. The minimum Gasteiger partial charge on any atom is -0.545 e. The summed E-state index contributed by atoms with van der Waals surface area (Å²) < 4.78 is 1.60. The van der Waals surface area contributed by atoms with Crippen molar-refractivity contribution in [2.75, 3.05) is 0 Å². The average Bonchev–Trinajstić information content (AvgIpc) is 2.42. The van der Waals surface area contributed by atoms with Gasteiger partial charge >= 0.3 is 0 Å². The SMILES string of the molecule is O=C([O-])c1ccc2sc(=S)[nH]c2c1. The lowest BCUT2D eigenvalue weighted by Gasteiger charge is -2.00. The number of aromatic nitrogens is 1. The highest BCUT2D eigenvalue weighted by Crippen LogP contribution is 2.19. The zero-order valence-corrected chi connectivity index (χ0v) is 8.00. The van der Waals surface area contributed by atoms with E-state index in [2.05, 4.69) is 4.98 Å². The second-order valence-electron chi connectivity index (χ2n) is 2.51. The largest absolute Gasteiger partial charge is 0.545 e. The highest BCUT2D eigenvalue weighted by atomic mass is 32.1. The number of nitrogens with one attached hydrogen (secondary N) is 1. The highest BCUT2D eigenvalue weighted by molar-refractivity contribution is 7.73. The number of carbonyl (C=O) groups excluding carboxylic acids is 1. The van der Waals surface area contributed by atoms with Crippen LogP contribution in [0.1, 0.15) is 10.4 Å². The van der Waals surface area contributed by atoms with Crippen LogP contribution in [0.3, 0.4) is 0 Å². The molecule has 0 aliphatic rings. The van der Waals surface area contributed by atoms with Crippen molar-refractivity contribution in [1.82, 2.24) is 4.98 Å². The van der Waals surface area contributed by atoms with Gasteiger partial charge in [-0.2, -0.15) is 0 Å². The number of carboxylic acids is 1. The number of hydrogen-bond donors (Lipinski definition) is 1. The van der Waals surface area contributed by atoms with Crippen LogP contribution in [-0.2, 0) is 0 Å². The standard InChI is InChI=1S/C8H5NO2S2/c10-7(11)4-1-2-6-5(3-4)9-8(12)13-6/h1-3H,(H,9,12)(H,10,11)/p-1. The van der Waals surface area contributed by atoms with Crippen LogP contribution in [-0.4, -0.2) is 11.0 Å². The van der Waals surface area contributed by atoms with Gasteiger partial charge in [-0.05, 0) is 29.9 Å². The first-order valence-corrected chi connectivity index (χ1v) is 4.73. The zero-order valence-electron chi connectivity index (χ0n) is 6.37. The molecular formula is C8H4NO2S2-. The van der Waals surface area contributed by atoms with E-state index in [-0.39, 0.29) is 5.56 Å². The van der Waals surface area contributed by atoms with Gasteiger partial charge in [0.15, 0.2) is 3.95 Å². The Kier molecular flexibility index (Phi) is 1.90. The number of hydrogen-bond acceptors (Lipinski definition) is 4. The molecular weight excluding hydrogens is 206 g/mol. The van der Waals surface area contributed by atoms with Gasteiger partial charge in [0.1, 0.15) is 0 Å². The van der Waals surface area contributed by atoms with Crippen molar-refractivity contribution in [2.45, 2.75) is 0 Å². The normalized spacial score (nSPS) is 10.5. The minimum atomic E-state index is -1.17. The summed E-state index contributed by atoms with van der Waals surface area (Å²) in [5.74, 6) is -1.17. The Morgan fingerprint density at radius 2 is 2.31 bits per heavy atom. The van der Waals surface area contributed by atoms with E-state index in [0.717, 1.165) is 10.2 Å². The van der Waals surface area contributed by atoms with E-state index in [9.17, 15) is 9.90 Å². The third kappa shape index (κ3) is 1.48. The molecule has 0 saturated heterocycles. The lowest BCUT2D eigenvalue weighted by atomic mass is 10.2. The molecule has 66 valence electrons. The number of aromatic carboxylic acids is 1. The van der Waals surface area contributed by atoms with Crippen molar-refractivity contribution >= 4 is 39.7 Å². The fraction of sp³-hybridized carbons (Fsp3) is 0. The quantitative estimate of drug-likeness (QED) is 0.722. The number of carbonyl (C=O) groups is 1. The summed E-state index contributed by atoms with van der Waals surface area (Å²) in [7, 11) is 0. The van der Waals surface area contributed by atoms with Gasteiger partial charge in [-0.1, -0.05) is 6.07 Å². The molecule has 0 saturated carbocycles. The summed E-state index contributed by atoms with van der Waals surface area (Å²) in [5.41, 5.74) is 0.910. The van der Waals surface area contributed by atoms with E-state index in [1.807, 2.05) is 0 Å². The molecule has 1 aromatic heterocycles. The molecule has 0 spiro atoms. The van der Waals surface area contributed by atoms with Gasteiger partial charge in [-0.3, -0.25) is 0 Å². The summed E-state index contributed by atoms with van der Waals surface area (Å²) in [6.45, 7) is 0. The number of rotatable bonds is 1. The molecule has 0 fully saturated rings. The van der Waals surface area contributed by atoms with Crippen molar-refractivity contribution < 1.29 is 9.90 Å². The van der Waals surface area contributed by atoms with Gasteiger partial charge < -0.3 is 14.9 Å². The maximum atomic E-state index is 10.5. The Morgan fingerprint density at radius 1 is 1.54 bits per heavy atom. The van der Waals surface area contributed by atoms with E-state index >= 15 is 0 Å². The fourth-order valence-electron chi connectivity index (χ4n) is 1.08. The van der Waals surface area contributed by atoms with Gasteiger partial charge in [0, 0.05) is 0 Å². The van der Waals surface area contributed by atoms with Gasteiger partial charge in [0.05, 0.1) is 16.2 Å². The van der Waals surface area contributed by atoms with E-state index in [1.54, 1.807) is 6.07 Å². The molecule has 13 heavy (non-hydrogen) atoms. The van der Waals surface area contributed by atoms with E-state index < -0.39 is 5.97 Å². The molecule has 0 amide bonds. The molecule has 2 aromatic rings. The maximum Gasteiger partial charge on any atom is 0.159 e. The van der Waals surface area contributed by atoms with Crippen molar-refractivity contribution in [2.24, 2.45) is 0 Å². The van der Waals surface area contributed by atoms with E-state index in [4.69, 9.17) is 12.2 Å². The topological polar surface area (TPSA) is 55.9 Å². The van der Waals surface area contributed by atoms with Gasteiger partial charge in [0.2, 0.25) is 0 Å². The number of aromatic amines is 1. The van der Waals surface area contributed by atoms with Crippen molar-refractivity contribution in [1.29, 1.82) is 0 Å². The van der Waals surface area contributed by atoms with Crippen LogP contribution < -0.4 is 5.11 Å². The summed E-state index contributed by atoms with van der Waals surface area (Å²) in [4.78, 5) is 13.4. The average molecular weight is 210 g/mol. The van der Waals surface area contributed by atoms with E-state index in [0.29, 0.717) is 3.95 Å². The molecule has 0 unspecified atom stereocenters. The van der Waals surface area contributed by atoms with Gasteiger partial charge in [-0.25, -0.2) is 0 Å². The fourth-order valence-corrected chi connectivity index (χ4v) is 2.17. The van der Waals surface area contributed by atoms with Crippen LogP contribution in [0.5, 0.6) is 0 Å². The molecule has 0 aliphatic carbocycles. The van der Waals surface area contributed by atoms with Gasteiger partial charge in [0.25, 0.3) is 0 Å². The third-order valence-corrected chi connectivity index (χ3v) is 2.87. The zero-order chi connectivity index (χ0) is 9.42. The second kappa shape index (κ2) is 2.93. The predicted octanol–water partition coefficient (Wildman–Crippen LogP) is 1.32. The molecule has 3 nitrogen and oxygen atoms in total. The van der Waals surface area contributed by atoms with E-state index in [1.165, 1.54) is 23.5 Å². The lowest BCUT2D eigenvalue weighted by molar-refractivity contribution is -0.255. The Labute approximate surface area is 82.7 Å². The monoisotopic (exact) mass is 210 g/mol. The first kappa shape index (κ1) is 8.40. The molecule has 2 rings (SSSR count).